The number of hydrogen-bond acceptors (Lipinski definition) is 2. The van der Waals surface area contributed by atoms with Gasteiger partial charge in [0.2, 0.25) is 0 Å². The standard InChI is InChI=1S/C6H9ClN2/c1-2-5-3-4-8-6(7)9-5/h3-5H,2H2,1H3,(H,8,9). The van der Waals surface area contributed by atoms with Gasteiger partial charge >= 0.3 is 0 Å². The molecule has 1 unspecified atom stereocenters. The van der Waals surface area contributed by atoms with E-state index in [2.05, 4.69) is 17.2 Å². The Balaban J connectivity index is 2.51. The predicted octanol–water partition coefficient (Wildman–Crippen LogP) is 1.48. The van der Waals surface area contributed by atoms with Crippen LogP contribution in [0.25, 0.3) is 0 Å². The van der Waals surface area contributed by atoms with Crippen LogP contribution >= 0.6 is 11.6 Å². The van der Waals surface area contributed by atoms with Gasteiger partial charge in [-0.05, 0) is 24.1 Å². The Morgan fingerprint density at radius 1 is 1.89 bits per heavy atom. The minimum Gasteiger partial charge on any atom is -0.354 e. The molecule has 1 atom stereocenters. The Hall–Kier alpha value is -0.500. The number of nitrogens with zero attached hydrogens (tertiary/aromatic N) is 1. The van der Waals surface area contributed by atoms with Gasteiger partial charge in [-0.2, -0.15) is 0 Å². The van der Waals surface area contributed by atoms with Crippen molar-refractivity contribution < 1.29 is 0 Å². The van der Waals surface area contributed by atoms with E-state index in [9.17, 15) is 0 Å². The van der Waals surface area contributed by atoms with E-state index in [1.807, 2.05) is 6.08 Å². The molecule has 1 aliphatic rings. The van der Waals surface area contributed by atoms with Crippen molar-refractivity contribution in [2.75, 3.05) is 0 Å². The zero-order valence-electron chi connectivity index (χ0n) is 5.26. The smallest absolute Gasteiger partial charge is 0.196 e. The average molecular weight is 145 g/mol. The highest BCUT2D eigenvalue weighted by atomic mass is 35.5. The molecule has 0 aromatic heterocycles. The zero-order valence-corrected chi connectivity index (χ0v) is 6.02. The molecule has 9 heavy (non-hydrogen) atoms. The van der Waals surface area contributed by atoms with Crippen LogP contribution in [0.1, 0.15) is 13.3 Å². The second-order valence-electron chi connectivity index (χ2n) is 1.92. The molecule has 1 aliphatic heterocycles. The van der Waals surface area contributed by atoms with Gasteiger partial charge in [-0.3, -0.25) is 0 Å². The third-order valence-corrected chi connectivity index (χ3v) is 1.46. The molecule has 3 heteroatoms. The van der Waals surface area contributed by atoms with E-state index in [1.54, 1.807) is 6.20 Å². The lowest BCUT2D eigenvalue weighted by Crippen LogP contribution is -2.31. The minimum atomic E-state index is 0.370. The van der Waals surface area contributed by atoms with Crippen LogP contribution in [0.3, 0.4) is 0 Å². The van der Waals surface area contributed by atoms with Crippen LogP contribution in [-0.2, 0) is 0 Å². The summed E-state index contributed by atoms with van der Waals surface area (Å²) < 4.78 is 0. The third kappa shape index (κ3) is 1.72. The topological polar surface area (TPSA) is 24.4 Å². The van der Waals surface area contributed by atoms with E-state index in [1.165, 1.54) is 0 Å². The van der Waals surface area contributed by atoms with Crippen molar-refractivity contribution in [1.82, 2.24) is 5.32 Å². The molecule has 0 amide bonds. The Morgan fingerprint density at radius 3 is 3.11 bits per heavy atom. The largest absolute Gasteiger partial charge is 0.354 e. The monoisotopic (exact) mass is 144 g/mol. The number of amidine groups is 1. The Bertz CT molecular complexity index is 151. The molecular weight excluding hydrogens is 136 g/mol. The van der Waals surface area contributed by atoms with Crippen LogP contribution in [0.5, 0.6) is 0 Å². The lowest BCUT2D eigenvalue weighted by molar-refractivity contribution is 0.698. The first-order valence-electron chi connectivity index (χ1n) is 2.99. The molecular formula is C6H9ClN2. The van der Waals surface area contributed by atoms with Crippen molar-refractivity contribution in [2.45, 2.75) is 19.4 Å². The van der Waals surface area contributed by atoms with E-state index in [0.717, 1.165) is 6.42 Å². The van der Waals surface area contributed by atoms with Crippen molar-refractivity contribution in [3.8, 4) is 0 Å². The summed E-state index contributed by atoms with van der Waals surface area (Å²) in [6, 6.07) is 0.370. The van der Waals surface area contributed by atoms with Crippen LogP contribution in [0, 0.1) is 0 Å². The molecule has 0 aliphatic carbocycles. The molecule has 0 saturated carbocycles. The number of hydrogen-bond donors (Lipinski definition) is 1. The van der Waals surface area contributed by atoms with Gasteiger partial charge in [0.25, 0.3) is 0 Å². The summed E-state index contributed by atoms with van der Waals surface area (Å²) in [6.45, 7) is 2.09. The Morgan fingerprint density at radius 2 is 2.67 bits per heavy atom. The maximum absolute atomic E-state index is 5.58. The van der Waals surface area contributed by atoms with Crippen LogP contribution in [0.2, 0.25) is 0 Å². The van der Waals surface area contributed by atoms with E-state index in [-0.39, 0.29) is 0 Å². The summed E-state index contributed by atoms with van der Waals surface area (Å²) in [6.07, 6.45) is 4.77. The Kier molecular flexibility index (Phi) is 2.11. The molecule has 1 N–H and O–H groups in total. The van der Waals surface area contributed by atoms with Gasteiger partial charge < -0.3 is 5.32 Å². The summed E-state index contributed by atoms with van der Waals surface area (Å²) in [4.78, 5) is 3.82. The molecule has 0 saturated heterocycles. The first kappa shape index (κ1) is 6.62. The molecule has 0 aromatic carbocycles. The second-order valence-corrected chi connectivity index (χ2v) is 2.28. The van der Waals surface area contributed by atoms with E-state index < -0.39 is 0 Å². The third-order valence-electron chi connectivity index (χ3n) is 1.25. The maximum atomic E-state index is 5.58. The SMILES string of the molecule is CCC1C=CN=C(Cl)N1. The van der Waals surface area contributed by atoms with Crippen LogP contribution in [0.4, 0.5) is 0 Å². The molecule has 1 rings (SSSR count). The van der Waals surface area contributed by atoms with Crippen molar-refractivity contribution in [3.63, 3.8) is 0 Å². The molecule has 2 nitrogen and oxygen atoms in total. The van der Waals surface area contributed by atoms with Crippen LogP contribution in [-0.4, -0.2) is 11.3 Å². The maximum Gasteiger partial charge on any atom is 0.196 e. The molecule has 0 bridgehead atoms. The lowest BCUT2D eigenvalue weighted by atomic mass is 10.2. The molecule has 0 aromatic rings. The fourth-order valence-electron chi connectivity index (χ4n) is 0.689. The van der Waals surface area contributed by atoms with Gasteiger partial charge in [0.1, 0.15) is 0 Å². The summed E-state index contributed by atoms with van der Waals surface area (Å²) in [5.41, 5.74) is 0. The summed E-state index contributed by atoms with van der Waals surface area (Å²) in [7, 11) is 0. The fourth-order valence-corrected chi connectivity index (χ4v) is 0.885. The number of halogens is 1. The Labute approximate surface area is 59.6 Å². The number of nitrogens with one attached hydrogen (secondary N) is 1. The van der Waals surface area contributed by atoms with Crippen molar-refractivity contribution in [2.24, 2.45) is 4.99 Å². The van der Waals surface area contributed by atoms with Crippen molar-refractivity contribution in [3.05, 3.63) is 12.3 Å². The van der Waals surface area contributed by atoms with Crippen molar-refractivity contribution in [1.29, 1.82) is 0 Å². The molecule has 0 fully saturated rings. The van der Waals surface area contributed by atoms with Gasteiger partial charge in [-0.1, -0.05) is 6.92 Å². The van der Waals surface area contributed by atoms with E-state index in [4.69, 9.17) is 11.6 Å². The molecule has 0 spiro atoms. The summed E-state index contributed by atoms with van der Waals surface area (Å²) in [5, 5.41) is 3.48. The minimum absolute atomic E-state index is 0.370. The van der Waals surface area contributed by atoms with Gasteiger partial charge in [-0.15, -0.1) is 0 Å². The van der Waals surface area contributed by atoms with Crippen LogP contribution < -0.4 is 5.32 Å². The van der Waals surface area contributed by atoms with Crippen LogP contribution in [0.15, 0.2) is 17.3 Å². The van der Waals surface area contributed by atoms with E-state index >= 15 is 0 Å². The zero-order chi connectivity index (χ0) is 6.69. The van der Waals surface area contributed by atoms with Gasteiger partial charge in [0, 0.05) is 12.2 Å². The highest BCUT2D eigenvalue weighted by Crippen LogP contribution is 2.00. The van der Waals surface area contributed by atoms with Gasteiger partial charge in [0.15, 0.2) is 5.29 Å². The quantitative estimate of drug-likeness (QED) is 0.554. The second kappa shape index (κ2) is 2.87. The average Bonchev–Trinajstić information content (AvgIpc) is 1.88. The highest BCUT2D eigenvalue weighted by Gasteiger charge is 2.04. The van der Waals surface area contributed by atoms with E-state index in [0.29, 0.717) is 11.3 Å². The molecule has 0 radical (unpaired) electrons. The van der Waals surface area contributed by atoms with Crippen molar-refractivity contribution >= 4 is 16.9 Å². The van der Waals surface area contributed by atoms with Gasteiger partial charge in [0.05, 0.1) is 0 Å². The number of rotatable bonds is 1. The molecule has 1 heterocycles. The highest BCUT2D eigenvalue weighted by molar-refractivity contribution is 6.64. The predicted molar refractivity (Wildman–Crippen MR) is 39.6 cm³/mol. The van der Waals surface area contributed by atoms with Gasteiger partial charge in [-0.25, -0.2) is 4.99 Å². The summed E-state index contributed by atoms with van der Waals surface area (Å²) >= 11 is 5.58. The summed E-state index contributed by atoms with van der Waals surface area (Å²) in [5.74, 6) is 0. The fraction of sp³-hybridized carbons (Fsp3) is 0.500. The lowest BCUT2D eigenvalue weighted by Gasteiger charge is -2.14. The normalized spacial score (nSPS) is 25.1. The first-order valence-corrected chi connectivity index (χ1v) is 3.37. The number of aliphatic imine (C=N–C) groups is 1. The first-order chi connectivity index (χ1) is 4.33. The molecule has 50 valence electrons.